The zero-order chi connectivity index (χ0) is 6.12. The summed E-state index contributed by atoms with van der Waals surface area (Å²) in [5, 5.41) is 0. The zero-order valence-corrected chi connectivity index (χ0v) is 10.5. The van der Waals surface area contributed by atoms with Crippen LogP contribution in [0.5, 0.6) is 0 Å². The van der Waals surface area contributed by atoms with Gasteiger partial charge in [0.15, 0.2) is 0 Å². The van der Waals surface area contributed by atoms with Gasteiger partial charge in [-0.3, -0.25) is 37.7 Å². The van der Waals surface area contributed by atoms with E-state index in [2.05, 4.69) is 58.0 Å². The summed E-state index contributed by atoms with van der Waals surface area (Å²) >= 11 is 5.18. The summed E-state index contributed by atoms with van der Waals surface area (Å²) in [6.45, 7) is 4.18. The molecule has 0 aliphatic heterocycles. The molecule has 0 aliphatic carbocycles. The zero-order valence-electron chi connectivity index (χ0n) is 4.75. The van der Waals surface area contributed by atoms with Crippen molar-refractivity contribution in [2.75, 3.05) is 0 Å². The molecule has 0 spiro atoms. The second kappa shape index (κ2) is 15.7. The molecular weight excluding hydrogens is 326 g/mol. The van der Waals surface area contributed by atoms with Crippen molar-refractivity contribution in [1.82, 2.24) is 0 Å². The van der Waals surface area contributed by atoms with Gasteiger partial charge in [-0.25, -0.2) is 0 Å². The molecule has 0 aromatic heterocycles. The number of halogens is 2. The van der Waals surface area contributed by atoms with E-state index in [1.807, 2.05) is 0 Å². The van der Waals surface area contributed by atoms with Crippen molar-refractivity contribution in [1.29, 1.82) is 0 Å². The molecule has 0 saturated carbocycles. The van der Waals surface area contributed by atoms with Gasteiger partial charge in [0.05, 0.1) is 0 Å². The third-order valence-electron chi connectivity index (χ3n) is 0.408. The summed E-state index contributed by atoms with van der Waals surface area (Å²) in [6.07, 6.45) is 3.32. The summed E-state index contributed by atoms with van der Waals surface area (Å²) in [5.41, 5.74) is 0. The van der Waals surface area contributed by atoms with Crippen LogP contribution >= 0.6 is 37.7 Å². The first kappa shape index (κ1) is 12.0. The van der Waals surface area contributed by atoms with Crippen LogP contribution in [0.25, 0.3) is 0 Å². The molecule has 0 nitrogen and oxygen atoms in total. The molecule has 0 heterocycles. The molecule has 0 rings (SSSR count). The monoisotopic (exact) mass is 335 g/mol. The van der Waals surface area contributed by atoms with Gasteiger partial charge in [-0.05, 0) is 6.42 Å². The lowest BCUT2D eigenvalue weighted by Gasteiger charge is -1.67. The summed E-state index contributed by atoms with van der Waals surface area (Å²) in [7, 11) is 0. The molecule has 1 radical (unpaired) electrons. The average Bonchev–Trinajstić information content (AvgIpc) is 1.69. The first-order chi connectivity index (χ1) is 3.33. The van der Waals surface area contributed by atoms with E-state index in [-0.39, 0.29) is 0 Å². The highest BCUT2D eigenvalue weighted by Crippen LogP contribution is 1.80. The van der Waals surface area contributed by atoms with E-state index >= 15 is 0 Å². The molecule has 0 unspecified atom stereocenters. The summed E-state index contributed by atoms with van der Waals surface area (Å²) in [4.78, 5) is 0. The van der Waals surface area contributed by atoms with E-state index < -0.39 is 0 Å². The van der Waals surface area contributed by atoms with Crippen molar-refractivity contribution in [3.8, 4) is 0 Å². The minimum atomic E-state index is 0.357. The van der Waals surface area contributed by atoms with Gasteiger partial charge in [-0.2, -0.15) is 0 Å². The van der Waals surface area contributed by atoms with Crippen molar-refractivity contribution in [2.45, 2.75) is 20.3 Å². The molecule has 7 heavy (non-hydrogen) atoms. The van der Waals surface area contributed by atoms with Crippen molar-refractivity contribution in [2.24, 2.45) is 0 Å². The Morgan fingerprint density at radius 2 is 1.71 bits per heavy atom. The Bertz CT molecular complexity index is 17.2. The number of hydrogen-bond acceptors (Lipinski definition) is 0. The number of rotatable bonds is 1. The summed E-state index contributed by atoms with van der Waals surface area (Å²) < 4.78 is 0. The van der Waals surface area contributed by atoms with Gasteiger partial charge in [-0.1, -0.05) is 20.3 Å². The first-order valence-corrected chi connectivity index (χ1v) is 12.4. The fraction of sp³-hybridized carbons (Fsp3) is 0.750. The largest absolute Gasteiger partial charge is 0.552 e. The van der Waals surface area contributed by atoms with Gasteiger partial charge in [-0.15, -0.1) is 0 Å². The van der Waals surface area contributed by atoms with E-state index in [9.17, 15) is 0 Å². The topological polar surface area (TPSA) is 0 Å². The maximum Gasteiger partial charge on any atom is 0.552 e. The van der Waals surface area contributed by atoms with Crippen molar-refractivity contribution >= 4 is 50.3 Å². The van der Waals surface area contributed by atoms with Crippen LogP contribution in [0, 0.1) is 6.42 Å². The molecule has 0 fully saturated rings. The fourth-order valence-corrected chi connectivity index (χ4v) is 0. The number of unbranched alkanes of at least 4 members (excludes halogenated alkanes) is 1. The minimum Gasteiger partial charge on any atom is -0.276 e. The smallest absolute Gasteiger partial charge is 0.276 e. The molecule has 0 saturated heterocycles. The van der Waals surface area contributed by atoms with Crippen molar-refractivity contribution < 1.29 is 0 Å². The Balaban J connectivity index is 0. The third kappa shape index (κ3) is 30.6. The Morgan fingerprint density at radius 1 is 1.57 bits per heavy atom. The Kier molecular flexibility index (Phi) is 26.9. The molecule has 0 aromatic carbocycles. The second-order valence-corrected chi connectivity index (χ2v) is 14.5. The highest BCUT2D eigenvalue weighted by Gasteiger charge is 1.61. The van der Waals surface area contributed by atoms with Gasteiger partial charge in [0.1, 0.15) is 0 Å². The normalized spacial score (nSPS) is 5.71. The Hall–Kier alpha value is 2.23. The molecule has 41 valence electrons. The Labute approximate surface area is 75.7 Å². The predicted octanol–water partition coefficient (Wildman–Crippen LogP) is 3.01. The fourth-order valence-electron chi connectivity index (χ4n) is 0. The summed E-state index contributed by atoms with van der Waals surface area (Å²) in [6, 6.07) is 0. The van der Waals surface area contributed by atoms with Crippen molar-refractivity contribution in [3.63, 3.8) is 0 Å². The molecular formula is C4H9I2Mg. The van der Waals surface area contributed by atoms with Gasteiger partial charge in [0.25, 0.3) is 0 Å². The lowest BCUT2D eigenvalue weighted by Crippen LogP contribution is -1.50. The highest BCUT2D eigenvalue weighted by atomic mass is 127. The van der Waals surface area contributed by atoms with Crippen LogP contribution in [-0.2, 0) is 0 Å². The molecule has 0 N–H and O–H groups in total. The van der Waals surface area contributed by atoms with E-state index in [1.165, 1.54) is 6.42 Å². The summed E-state index contributed by atoms with van der Waals surface area (Å²) in [5.74, 6) is 0. The van der Waals surface area contributed by atoms with Crippen LogP contribution in [0.2, 0.25) is 0 Å². The van der Waals surface area contributed by atoms with Crippen LogP contribution in [0.3, 0.4) is 0 Å². The predicted molar refractivity (Wildman–Crippen MR) is 54.1 cm³/mol. The van der Waals surface area contributed by atoms with Crippen LogP contribution in [0.15, 0.2) is 0 Å². The van der Waals surface area contributed by atoms with Crippen molar-refractivity contribution in [3.05, 3.63) is 6.42 Å². The second-order valence-electron chi connectivity index (χ2n) is 0.918. The lowest BCUT2D eigenvalue weighted by atomic mass is 10.4. The van der Waals surface area contributed by atoms with Gasteiger partial charge < -0.3 is 0 Å². The van der Waals surface area contributed by atoms with E-state index in [0.717, 1.165) is 0 Å². The maximum atomic E-state index is 2.41. The molecule has 0 bridgehead atoms. The van der Waals surface area contributed by atoms with E-state index in [4.69, 9.17) is 0 Å². The number of hydrogen-bond donors (Lipinski definition) is 0. The Morgan fingerprint density at radius 3 is 1.71 bits per heavy atom. The molecule has 3 heteroatoms. The van der Waals surface area contributed by atoms with Crippen LogP contribution < -0.4 is 0 Å². The molecule has 0 amide bonds. The van der Waals surface area contributed by atoms with Gasteiger partial charge in [0.2, 0.25) is 0 Å². The first-order valence-electron chi connectivity index (χ1n) is 2.23. The van der Waals surface area contributed by atoms with Gasteiger partial charge in [0, 0.05) is 0 Å². The highest BCUT2D eigenvalue weighted by molar-refractivity contribution is 14.3. The molecule has 0 aliphatic rings. The van der Waals surface area contributed by atoms with E-state index in [0.29, 0.717) is 12.6 Å². The van der Waals surface area contributed by atoms with E-state index in [1.54, 1.807) is 0 Å². The maximum absolute atomic E-state index is 2.41. The third-order valence-corrected chi connectivity index (χ3v) is 0.408. The molecule has 0 aromatic rings. The SMILES string of the molecule is C[CH]CC.[I][Mg][I]. The quantitative estimate of drug-likeness (QED) is 0.510. The lowest BCUT2D eigenvalue weighted by molar-refractivity contribution is 1.10. The van der Waals surface area contributed by atoms with Crippen LogP contribution in [-0.4, -0.2) is 12.6 Å². The van der Waals surface area contributed by atoms with Crippen LogP contribution in [0.1, 0.15) is 20.3 Å². The standard InChI is InChI=1S/C4H9.2HI.Mg/c1-3-4-2;;;/h3H,4H2,1-2H3;2*1H;/q;;;+2/p-2. The minimum absolute atomic E-state index is 0.357. The molecule has 0 atom stereocenters. The van der Waals surface area contributed by atoms with Crippen LogP contribution in [0.4, 0.5) is 0 Å². The van der Waals surface area contributed by atoms with Gasteiger partial charge >= 0.3 is 12.6 Å². The average molecular weight is 335 g/mol.